The number of aliphatic carboxylic acids is 1. The summed E-state index contributed by atoms with van der Waals surface area (Å²) >= 11 is 0. The van der Waals surface area contributed by atoms with Gasteiger partial charge >= 0.3 is 5.97 Å². The summed E-state index contributed by atoms with van der Waals surface area (Å²) in [5.41, 5.74) is 6.73. The van der Waals surface area contributed by atoms with Crippen LogP contribution in [-0.2, 0) is 14.3 Å². The van der Waals surface area contributed by atoms with Gasteiger partial charge in [-0.3, -0.25) is 9.59 Å². The maximum atomic E-state index is 11.2. The number of carboxylic acid groups (broad SMARTS) is 1. The molecule has 0 aromatic heterocycles. The van der Waals surface area contributed by atoms with E-state index in [0.29, 0.717) is 0 Å². The van der Waals surface area contributed by atoms with E-state index in [1.807, 2.05) is 30.3 Å². The quantitative estimate of drug-likeness (QED) is 0.632. The van der Waals surface area contributed by atoms with E-state index in [4.69, 9.17) is 26.8 Å². The fraction of sp³-hybridized carbons (Fsp3) is 0.286. The second-order valence-electron chi connectivity index (χ2n) is 3.61. The van der Waals surface area contributed by atoms with Crippen LogP contribution in [0.3, 0.4) is 0 Å². The molecular weight excluding hydrogens is 246 g/mol. The molecule has 0 radical (unpaired) electrons. The maximum absolute atomic E-state index is 11.2. The Morgan fingerprint density at radius 2 is 1.95 bits per heavy atom. The first-order valence-corrected chi connectivity index (χ1v) is 5.56. The molecule has 5 heteroatoms. The van der Waals surface area contributed by atoms with Crippen LogP contribution in [0.15, 0.2) is 30.3 Å². The first kappa shape index (κ1) is 16.7. The monoisotopic (exact) mass is 263 g/mol. The number of nitrogens with two attached hydrogens (primary N) is 1. The van der Waals surface area contributed by atoms with E-state index < -0.39 is 5.97 Å². The van der Waals surface area contributed by atoms with Crippen molar-refractivity contribution in [3.63, 3.8) is 0 Å². The van der Waals surface area contributed by atoms with Crippen molar-refractivity contribution in [3.8, 4) is 12.3 Å². The molecule has 19 heavy (non-hydrogen) atoms. The normalized spacial score (nSPS) is 10.4. The van der Waals surface area contributed by atoms with E-state index in [0.717, 1.165) is 12.5 Å². The average Bonchev–Trinajstić information content (AvgIpc) is 2.36. The molecule has 0 amide bonds. The van der Waals surface area contributed by atoms with Crippen molar-refractivity contribution in [2.24, 2.45) is 5.73 Å². The van der Waals surface area contributed by atoms with Crippen LogP contribution in [0.25, 0.3) is 0 Å². The number of carbonyl (C=O) groups excluding carboxylic acids is 1. The number of benzene rings is 1. The third-order valence-corrected chi connectivity index (χ3v) is 1.93. The molecule has 0 bridgehead atoms. The Morgan fingerprint density at radius 3 is 2.42 bits per heavy atom. The highest BCUT2D eigenvalue weighted by molar-refractivity contribution is 5.70. The zero-order valence-corrected chi connectivity index (χ0v) is 10.7. The van der Waals surface area contributed by atoms with E-state index >= 15 is 0 Å². The lowest BCUT2D eigenvalue weighted by Crippen LogP contribution is -2.17. The van der Waals surface area contributed by atoms with Crippen molar-refractivity contribution in [1.29, 1.82) is 0 Å². The summed E-state index contributed by atoms with van der Waals surface area (Å²) in [6, 6.07) is 9.06. The third-order valence-electron chi connectivity index (χ3n) is 1.93. The maximum Gasteiger partial charge on any atom is 0.308 e. The number of carboxylic acids is 1. The molecule has 1 atom stereocenters. The molecule has 0 saturated heterocycles. The van der Waals surface area contributed by atoms with Crippen LogP contribution in [0.1, 0.15) is 24.9 Å². The molecule has 1 aromatic carbocycles. The third kappa shape index (κ3) is 9.39. The predicted molar refractivity (Wildman–Crippen MR) is 71.1 cm³/mol. The average molecular weight is 263 g/mol. The number of esters is 1. The lowest BCUT2D eigenvalue weighted by molar-refractivity contribution is -0.142. The van der Waals surface area contributed by atoms with Crippen LogP contribution >= 0.6 is 0 Å². The second kappa shape index (κ2) is 9.68. The van der Waals surface area contributed by atoms with Crippen molar-refractivity contribution >= 4 is 11.9 Å². The summed E-state index contributed by atoms with van der Waals surface area (Å²) in [6.07, 6.45) is 5.10. The van der Waals surface area contributed by atoms with Gasteiger partial charge in [0.1, 0.15) is 0 Å². The van der Waals surface area contributed by atoms with E-state index in [1.54, 1.807) is 0 Å². The lowest BCUT2D eigenvalue weighted by atomic mass is 10.1. The van der Waals surface area contributed by atoms with Crippen molar-refractivity contribution < 1.29 is 19.4 Å². The molecule has 0 aliphatic carbocycles. The van der Waals surface area contributed by atoms with Crippen LogP contribution in [-0.4, -0.2) is 23.7 Å². The van der Waals surface area contributed by atoms with E-state index in [-0.39, 0.29) is 25.0 Å². The Hall–Kier alpha value is -2.32. The zero-order chi connectivity index (χ0) is 14.7. The van der Waals surface area contributed by atoms with Crippen molar-refractivity contribution in [3.05, 3.63) is 35.9 Å². The standard InChI is InChI=1S/C12H13NO2.C2H4O2/c1-2-8-15-12(14)9-11(13)10-6-4-3-5-7-10;1-2(3)4/h1,3-7,11H,8-9,13H2;1H3,(H,3,4). The van der Waals surface area contributed by atoms with E-state index in [1.165, 1.54) is 0 Å². The molecule has 0 aliphatic rings. The molecule has 0 fully saturated rings. The molecule has 0 heterocycles. The summed E-state index contributed by atoms with van der Waals surface area (Å²) in [4.78, 5) is 20.2. The van der Waals surface area contributed by atoms with Gasteiger partial charge in [0.25, 0.3) is 5.97 Å². The highest BCUT2D eigenvalue weighted by Gasteiger charge is 2.11. The molecule has 1 rings (SSSR count). The molecule has 5 nitrogen and oxygen atoms in total. The zero-order valence-electron chi connectivity index (χ0n) is 10.7. The fourth-order valence-corrected chi connectivity index (χ4v) is 1.18. The van der Waals surface area contributed by atoms with Gasteiger partial charge in [0.05, 0.1) is 6.42 Å². The predicted octanol–water partition coefficient (Wildman–Crippen LogP) is 1.34. The molecular formula is C14H17NO4. The number of rotatable bonds is 4. The summed E-state index contributed by atoms with van der Waals surface area (Å²) in [6.45, 7) is 1.08. The van der Waals surface area contributed by atoms with Crippen LogP contribution in [0.2, 0.25) is 0 Å². The Bertz CT molecular complexity index is 433. The number of ether oxygens (including phenoxy) is 1. The summed E-state index contributed by atoms with van der Waals surface area (Å²) < 4.78 is 4.73. The minimum Gasteiger partial charge on any atom is -0.481 e. The van der Waals surface area contributed by atoms with E-state index in [9.17, 15) is 4.79 Å². The molecule has 102 valence electrons. The Kier molecular flexibility index (Phi) is 8.50. The smallest absolute Gasteiger partial charge is 0.308 e. The Balaban J connectivity index is 0.000000711. The fourth-order valence-electron chi connectivity index (χ4n) is 1.18. The molecule has 1 unspecified atom stereocenters. The van der Waals surface area contributed by atoms with Gasteiger partial charge in [-0.15, -0.1) is 6.42 Å². The van der Waals surface area contributed by atoms with Crippen LogP contribution < -0.4 is 5.73 Å². The molecule has 0 aliphatic heterocycles. The van der Waals surface area contributed by atoms with Crippen LogP contribution in [0.4, 0.5) is 0 Å². The van der Waals surface area contributed by atoms with Gasteiger partial charge < -0.3 is 15.6 Å². The Morgan fingerprint density at radius 1 is 1.42 bits per heavy atom. The number of terminal acetylenes is 1. The van der Waals surface area contributed by atoms with Crippen LogP contribution in [0.5, 0.6) is 0 Å². The van der Waals surface area contributed by atoms with Gasteiger partial charge in [0.15, 0.2) is 6.61 Å². The Labute approximate surface area is 112 Å². The minimum absolute atomic E-state index is 0.000340. The SMILES string of the molecule is C#CCOC(=O)CC(N)c1ccccc1.CC(=O)O. The van der Waals surface area contributed by atoms with Crippen molar-refractivity contribution in [2.75, 3.05) is 6.61 Å². The van der Waals surface area contributed by atoms with Crippen molar-refractivity contribution in [1.82, 2.24) is 0 Å². The lowest BCUT2D eigenvalue weighted by Gasteiger charge is -2.10. The van der Waals surface area contributed by atoms with E-state index in [2.05, 4.69) is 5.92 Å². The number of hydrogen-bond donors (Lipinski definition) is 2. The van der Waals surface area contributed by atoms with Gasteiger partial charge in [-0.25, -0.2) is 0 Å². The molecule has 3 N–H and O–H groups in total. The van der Waals surface area contributed by atoms with Gasteiger partial charge in [-0.1, -0.05) is 36.3 Å². The topological polar surface area (TPSA) is 89.6 Å². The number of carbonyl (C=O) groups is 2. The van der Waals surface area contributed by atoms with Gasteiger partial charge in [-0.2, -0.15) is 0 Å². The van der Waals surface area contributed by atoms with Gasteiger partial charge in [-0.05, 0) is 5.56 Å². The second-order valence-corrected chi connectivity index (χ2v) is 3.61. The highest BCUT2D eigenvalue weighted by Crippen LogP contribution is 2.13. The first-order valence-electron chi connectivity index (χ1n) is 5.56. The minimum atomic E-state index is -0.833. The molecule has 1 aromatic rings. The largest absolute Gasteiger partial charge is 0.481 e. The number of hydrogen-bond acceptors (Lipinski definition) is 4. The van der Waals surface area contributed by atoms with Gasteiger partial charge in [0.2, 0.25) is 0 Å². The first-order chi connectivity index (χ1) is 8.97. The summed E-state index contributed by atoms with van der Waals surface area (Å²) in [7, 11) is 0. The van der Waals surface area contributed by atoms with Crippen molar-refractivity contribution in [2.45, 2.75) is 19.4 Å². The highest BCUT2D eigenvalue weighted by atomic mass is 16.5. The van der Waals surface area contributed by atoms with Gasteiger partial charge in [0, 0.05) is 13.0 Å². The summed E-state index contributed by atoms with van der Waals surface area (Å²) in [5, 5.41) is 7.42. The molecule has 0 saturated carbocycles. The van der Waals surface area contributed by atoms with Crippen LogP contribution in [0, 0.1) is 12.3 Å². The summed E-state index contributed by atoms with van der Waals surface area (Å²) in [5.74, 6) is 1.02. The molecule has 0 spiro atoms.